The molecule has 0 radical (unpaired) electrons. The molecule has 1 N–H and O–H groups in total. The number of aromatic nitrogens is 2. The zero-order valence-corrected chi connectivity index (χ0v) is 12.0. The van der Waals surface area contributed by atoms with Crippen molar-refractivity contribution in [3.63, 3.8) is 0 Å². The van der Waals surface area contributed by atoms with Crippen molar-refractivity contribution in [2.75, 3.05) is 5.32 Å². The van der Waals surface area contributed by atoms with E-state index in [-0.39, 0.29) is 5.82 Å². The fourth-order valence-corrected chi connectivity index (χ4v) is 2.24. The van der Waals surface area contributed by atoms with Gasteiger partial charge in [0, 0.05) is 6.54 Å². The second-order valence-electron chi connectivity index (χ2n) is 4.98. The van der Waals surface area contributed by atoms with Gasteiger partial charge >= 0.3 is 0 Å². The number of anilines is 1. The standard InChI is InChI=1S/C17H13FN4/c1-11-16(18)17(22-10-21-11)20-9-13-3-5-14-6-12(8-19)2-4-15(14)7-13/h2-7,10H,9H2,1H3,(H,20,21,22). The van der Waals surface area contributed by atoms with E-state index >= 15 is 0 Å². The van der Waals surface area contributed by atoms with E-state index in [0.717, 1.165) is 16.3 Å². The van der Waals surface area contributed by atoms with Gasteiger partial charge in [-0.3, -0.25) is 0 Å². The minimum Gasteiger partial charge on any atom is -0.363 e. The molecule has 108 valence electrons. The monoisotopic (exact) mass is 292 g/mol. The lowest BCUT2D eigenvalue weighted by molar-refractivity contribution is 0.604. The molecule has 0 aliphatic rings. The summed E-state index contributed by atoms with van der Waals surface area (Å²) in [5, 5.41) is 13.9. The van der Waals surface area contributed by atoms with E-state index in [1.54, 1.807) is 13.0 Å². The van der Waals surface area contributed by atoms with Gasteiger partial charge in [0.1, 0.15) is 6.33 Å². The number of hydrogen-bond acceptors (Lipinski definition) is 4. The molecule has 0 unspecified atom stereocenters. The number of nitrogens with zero attached hydrogens (tertiary/aromatic N) is 3. The summed E-state index contributed by atoms with van der Waals surface area (Å²) in [7, 11) is 0. The van der Waals surface area contributed by atoms with Crippen molar-refractivity contribution in [1.82, 2.24) is 9.97 Å². The Hall–Kier alpha value is -3.00. The number of fused-ring (bicyclic) bond motifs is 1. The zero-order chi connectivity index (χ0) is 15.5. The van der Waals surface area contributed by atoms with E-state index < -0.39 is 5.82 Å². The van der Waals surface area contributed by atoms with E-state index in [0.29, 0.717) is 17.8 Å². The quantitative estimate of drug-likeness (QED) is 0.801. The normalized spacial score (nSPS) is 10.4. The summed E-state index contributed by atoms with van der Waals surface area (Å²) < 4.78 is 13.8. The molecule has 2 aromatic carbocycles. The number of nitriles is 1. The van der Waals surface area contributed by atoms with Crippen LogP contribution in [0.5, 0.6) is 0 Å². The summed E-state index contributed by atoms with van der Waals surface area (Å²) in [6.07, 6.45) is 1.34. The average molecular weight is 292 g/mol. The lowest BCUT2D eigenvalue weighted by Crippen LogP contribution is -2.05. The second-order valence-corrected chi connectivity index (χ2v) is 4.98. The smallest absolute Gasteiger partial charge is 0.186 e. The summed E-state index contributed by atoms with van der Waals surface area (Å²) in [6.45, 7) is 2.06. The Kier molecular flexibility index (Phi) is 3.67. The molecule has 0 fully saturated rings. The Morgan fingerprint density at radius 2 is 1.91 bits per heavy atom. The largest absolute Gasteiger partial charge is 0.363 e. The molecule has 22 heavy (non-hydrogen) atoms. The van der Waals surface area contributed by atoms with Gasteiger partial charge < -0.3 is 5.32 Å². The molecule has 1 aromatic heterocycles. The van der Waals surface area contributed by atoms with Gasteiger partial charge in [-0.05, 0) is 41.5 Å². The van der Waals surface area contributed by atoms with Crippen LogP contribution in [0, 0.1) is 24.1 Å². The van der Waals surface area contributed by atoms with Crippen molar-refractivity contribution in [3.05, 3.63) is 65.4 Å². The minimum atomic E-state index is -0.429. The molecule has 0 saturated heterocycles. The zero-order valence-electron chi connectivity index (χ0n) is 12.0. The van der Waals surface area contributed by atoms with Gasteiger partial charge in [0.25, 0.3) is 0 Å². The van der Waals surface area contributed by atoms with Crippen molar-refractivity contribution in [1.29, 1.82) is 5.26 Å². The Labute approximate surface area is 127 Å². The molecular weight excluding hydrogens is 279 g/mol. The highest BCUT2D eigenvalue weighted by molar-refractivity contribution is 5.84. The predicted octanol–water partition coefficient (Wildman–Crippen LogP) is 3.56. The van der Waals surface area contributed by atoms with Crippen LogP contribution in [0.3, 0.4) is 0 Å². The molecule has 4 nitrogen and oxygen atoms in total. The molecule has 0 atom stereocenters. The van der Waals surface area contributed by atoms with Crippen LogP contribution in [-0.4, -0.2) is 9.97 Å². The second kappa shape index (κ2) is 5.78. The summed E-state index contributed by atoms with van der Waals surface area (Å²) in [5.74, 6) is -0.227. The third kappa shape index (κ3) is 2.72. The van der Waals surface area contributed by atoms with Gasteiger partial charge in [-0.25, -0.2) is 14.4 Å². The molecule has 3 aromatic rings. The molecule has 1 heterocycles. The van der Waals surface area contributed by atoms with E-state index in [1.165, 1.54) is 6.33 Å². The van der Waals surface area contributed by atoms with Gasteiger partial charge in [-0.1, -0.05) is 18.2 Å². The van der Waals surface area contributed by atoms with Gasteiger partial charge in [-0.15, -0.1) is 0 Å². The molecule has 0 amide bonds. The predicted molar refractivity (Wildman–Crippen MR) is 82.7 cm³/mol. The molecule has 0 aliphatic heterocycles. The number of halogens is 1. The fraction of sp³-hybridized carbons (Fsp3) is 0.118. The van der Waals surface area contributed by atoms with Crippen LogP contribution in [0.1, 0.15) is 16.8 Å². The van der Waals surface area contributed by atoms with E-state index in [4.69, 9.17) is 5.26 Å². The first kappa shape index (κ1) is 14.0. The number of rotatable bonds is 3. The summed E-state index contributed by atoms with van der Waals surface area (Å²) in [5.41, 5.74) is 1.96. The first-order chi connectivity index (χ1) is 10.7. The number of benzene rings is 2. The summed E-state index contributed by atoms with van der Waals surface area (Å²) >= 11 is 0. The van der Waals surface area contributed by atoms with Gasteiger partial charge in [-0.2, -0.15) is 5.26 Å². The molecule has 5 heteroatoms. The molecule has 0 bridgehead atoms. The van der Waals surface area contributed by atoms with E-state index in [1.807, 2.05) is 30.3 Å². The van der Waals surface area contributed by atoms with Crippen molar-refractivity contribution < 1.29 is 4.39 Å². The SMILES string of the molecule is Cc1ncnc(NCc2ccc3cc(C#N)ccc3c2)c1F. The van der Waals surface area contributed by atoms with Crippen molar-refractivity contribution in [2.24, 2.45) is 0 Å². The summed E-state index contributed by atoms with van der Waals surface area (Å²) in [6, 6.07) is 13.6. The maximum absolute atomic E-state index is 13.8. The Bertz CT molecular complexity index is 883. The lowest BCUT2D eigenvalue weighted by Gasteiger charge is -2.08. The van der Waals surface area contributed by atoms with Gasteiger partial charge in [0.05, 0.1) is 17.3 Å². The Balaban J connectivity index is 1.82. The van der Waals surface area contributed by atoms with Crippen molar-refractivity contribution in [2.45, 2.75) is 13.5 Å². The molecule has 0 spiro atoms. The number of nitrogens with one attached hydrogen (secondary N) is 1. The van der Waals surface area contributed by atoms with Gasteiger partial charge in [0.15, 0.2) is 11.6 Å². The van der Waals surface area contributed by atoms with Crippen LogP contribution in [0.4, 0.5) is 10.2 Å². The number of aryl methyl sites for hydroxylation is 1. The average Bonchev–Trinajstić information content (AvgIpc) is 2.55. The van der Waals surface area contributed by atoms with E-state index in [2.05, 4.69) is 21.4 Å². The van der Waals surface area contributed by atoms with Crippen LogP contribution >= 0.6 is 0 Å². The molecule has 3 rings (SSSR count). The highest BCUT2D eigenvalue weighted by atomic mass is 19.1. The first-order valence-corrected chi connectivity index (χ1v) is 6.81. The van der Waals surface area contributed by atoms with Crippen LogP contribution in [0.15, 0.2) is 42.7 Å². The van der Waals surface area contributed by atoms with Crippen LogP contribution in [0.25, 0.3) is 10.8 Å². The maximum Gasteiger partial charge on any atom is 0.186 e. The Morgan fingerprint density at radius 3 is 2.73 bits per heavy atom. The fourth-order valence-electron chi connectivity index (χ4n) is 2.24. The lowest BCUT2D eigenvalue weighted by atomic mass is 10.0. The first-order valence-electron chi connectivity index (χ1n) is 6.81. The Morgan fingerprint density at radius 1 is 1.14 bits per heavy atom. The van der Waals surface area contributed by atoms with Crippen LogP contribution in [-0.2, 0) is 6.54 Å². The molecular formula is C17H13FN4. The van der Waals surface area contributed by atoms with Crippen molar-refractivity contribution in [3.8, 4) is 6.07 Å². The van der Waals surface area contributed by atoms with Crippen LogP contribution in [0.2, 0.25) is 0 Å². The topological polar surface area (TPSA) is 61.6 Å². The maximum atomic E-state index is 13.8. The highest BCUT2D eigenvalue weighted by Crippen LogP contribution is 2.19. The van der Waals surface area contributed by atoms with Gasteiger partial charge in [0.2, 0.25) is 0 Å². The minimum absolute atomic E-state index is 0.201. The van der Waals surface area contributed by atoms with E-state index in [9.17, 15) is 4.39 Å². The molecule has 0 aliphatic carbocycles. The highest BCUT2D eigenvalue weighted by Gasteiger charge is 2.07. The number of hydrogen-bond donors (Lipinski definition) is 1. The third-order valence-corrected chi connectivity index (χ3v) is 3.46. The van der Waals surface area contributed by atoms with Crippen molar-refractivity contribution >= 4 is 16.6 Å². The third-order valence-electron chi connectivity index (χ3n) is 3.46. The molecule has 0 saturated carbocycles. The van der Waals surface area contributed by atoms with Crippen LogP contribution < -0.4 is 5.32 Å². The summed E-state index contributed by atoms with van der Waals surface area (Å²) in [4.78, 5) is 7.71.